The molecule has 2 atom stereocenters. The molecule has 0 radical (unpaired) electrons. The standard InChI is InChI=1S/C17H24N4O/c1-17(2)13-10-21(11-14(13)17)16(22)19-12-5-6-15(18-9-12)20-7-3-4-8-20/h5-6,9,13-14H,3-4,7-8,10-11H2,1-2H3,(H,19,22). The van der Waals surface area contributed by atoms with Crippen molar-refractivity contribution in [1.82, 2.24) is 9.88 Å². The Balaban J connectivity index is 1.34. The zero-order chi connectivity index (χ0) is 15.3. The highest BCUT2D eigenvalue weighted by Gasteiger charge is 2.62. The van der Waals surface area contributed by atoms with Gasteiger partial charge in [-0.3, -0.25) is 0 Å². The number of carbonyl (C=O) groups excluding carboxylic acids is 1. The summed E-state index contributed by atoms with van der Waals surface area (Å²) >= 11 is 0. The lowest BCUT2D eigenvalue weighted by Crippen LogP contribution is -2.36. The fourth-order valence-electron chi connectivity index (χ4n) is 4.09. The molecule has 3 aliphatic rings. The fourth-order valence-corrected chi connectivity index (χ4v) is 4.09. The molecule has 1 N–H and O–H groups in total. The first-order valence-electron chi connectivity index (χ1n) is 8.32. The molecule has 2 aliphatic heterocycles. The zero-order valence-electron chi connectivity index (χ0n) is 13.4. The third-order valence-corrected chi connectivity index (χ3v) is 5.84. The number of amides is 2. The molecule has 1 aromatic rings. The van der Waals surface area contributed by atoms with Crippen molar-refractivity contribution < 1.29 is 4.79 Å². The van der Waals surface area contributed by atoms with Gasteiger partial charge in [-0.25, -0.2) is 9.78 Å². The van der Waals surface area contributed by atoms with E-state index in [0.717, 1.165) is 37.7 Å². The molecule has 1 aliphatic carbocycles. The topological polar surface area (TPSA) is 48.5 Å². The molecule has 5 heteroatoms. The van der Waals surface area contributed by atoms with Crippen molar-refractivity contribution in [2.24, 2.45) is 17.3 Å². The molecule has 22 heavy (non-hydrogen) atoms. The van der Waals surface area contributed by atoms with E-state index in [1.807, 2.05) is 17.0 Å². The van der Waals surface area contributed by atoms with Crippen LogP contribution in [-0.2, 0) is 0 Å². The Morgan fingerprint density at radius 1 is 1.23 bits per heavy atom. The first-order chi connectivity index (χ1) is 10.6. The minimum Gasteiger partial charge on any atom is -0.357 e. The number of anilines is 2. The molecule has 3 heterocycles. The van der Waals surface area contributed by atoms with Crippen molar-refractivity contribution in [3.8, 4) is 0 Å². The van der Waals surface area contributed by atoms with Gasteiger partial charge in [0.2, 0.25) is 0 Å². The molecule has 1 aromatic heterocycles. The second kappa shape index (κ2) is 4.86. The van der Waals surface area contributed by atoms with Crippen LogP contribution in [0.15, 0.2) is 18.3 Å². The lowest BCUT2D eigenvalue weighted by Gasteiger charge is -2.22. The molecule has 2 amide bonds. The number of likely N-dealkylation sites (tertiary alicyclic amines) is 1. The average molecular weight is 300 g/mol. The second-order valence-electron chi connectivity index (χ2n) is 7.47. The Hall–Kier alpha value is -1.78. The summed E-state index contributed by atoms with van der Waals surface area (Å²) in [6.07, 6.45) is 4.26. The Labute approximate surface area is 131 Å². The minimum absolute atomic E-state index is 0.0127. The van der Waals surface area contributed by atoms with Crippen LogP contribution in [0.25, 0.3) is 0 Å². The van der Waals surface area contributed by atoms with Crippen molar-refractivity contribution in [3.63, 3.8) is 0 Å². The van der Waals surface area contributed by atoms with E-state index in [0.29, 0.717) is 17.3 Å². The van der Waals surface area contributed by atoms with E-state index in [9.17, 15) is 4.79 Å². The summed E-state index contributed by atoms with van der Waals surface area (Å²) in [6.45, 7) is 8.57. The largest absolute Gasteiger partial charge is 0.357 e. The maximum absolute atomic E-state index is 12.3. The monoisotopic (exact) mass is 300 g/mol. The van der Waals surface area contributed by atoms with Crippen molar-refractivity contribution in [3.05, 3.63) is 18.3 Å². The van der Waals surface area contributed by atoms with Gasteiger partial charge in [0, 0.05) is 26.2 Å². The lowest BCUT2D eigenvalue weighted by atomic mass is 10.1. The van der Waals surface area contributed by atoms with Gasteiger partial charge in [-0.2, -0.15) is 0 Å². The molecule has 5 nitrogen and oxygen atoms in total. The van der Waals surface area contributed by atoms with Gasteiger partial charge in [0.15, 0.2) is 0 Å². The van der Waals surface area contributed by atoms with Crippen LogP contribution in [0.4, 0.5) is 16.3 Å². The number of aromatic nitrogens is 1. The lowest BCUT2D eigenvalue weighted by molar-refractivity contribution is 0.209. The number of nitrogens with zero attached hydrogens (tertiary/aromatic N) is 3. The van der Waals surface area contributed by atoms with E-state index in [1.165, 1.54) is 12.8 Å². The van der Waals surface area contributed by atoms with Gasteiger partial charge in [0.25, 0.3) is 0 Å². The number of carbonyl (C=O) groups is 1. The van der Waals surface area contributed by atoms with Crippen molar-refractivity contribution in [1.29, 1.82) is 0 Å². The number of rotatable bonds is 2. The average Bonchev–Trinajstić information content (AvgIpc) is 3.01. The summed E-state index contributed by atoms with van der Waals surface area (Å²) in [5.41, 5.74) is 1.23. The molecule has 2 saturated heterocycles. The minimum atomic E-state index is 0.0127. The zero-order valence-corrected chi connectivity index (χ0v) is 13.4. The highest BCUT2D eigenvalue weighted by atomic mass is 16.2. The van der Waals surface area contributed by atoms with Crippen LogP contribution < -0.4 is 10.2 Å². The Bertz CT molecular complexity index is 563. The molecular formula is C17H24N4O. The van der Waals surface area contributed by atoms with Crippen molar-refractivity contribution in [2.75, 3.05) is 36.4 Å². The van der Waals surface area contributed by atoms with Gasteiger partial charge in [0.1, 0.15) is 5.82 Å². The summed E-state index contributed by atoms with van der Waals surface area (Å²) in [7, 11) is 0. The highest BCUT2D eigenvalue weighted by Crippen LogP contribution is 2.61. The number of urea groups is 1. The molecule has 2 unspecified atom stereocenters. The summed E-state index contributed by atoms with van der Waals surface area (Å²) < 4.78 is 0. The van der Waals surface area contributed by atoms with E-state index in [1.54, 1.807) is 6.20 Å². The van der Waals surface area contributed by atoms with E-state index in [-0.39, 0.29) is 6.03 Å². The Morgan fingerprint density at radius 2 is 1.91 bits per heavy atom. The first-order valence-corrected chi connectivity index (χ1v) is 8.32. The number of hydrogen-bond donors (Lipinski definition) is 1. The molecule has 118 valence electrons. The SMILES string of the molecule is CC1(C)C2CN(C(=O)Nc3ccc(N4CCCC4)nc3)CC21. The molecular weight excluding hydrogens is 276 g/mol. The van der Waals surface area contributed by atoms with E-state index >= 15 is 0 Å². The number of nitrogens with one attached hydrogen (secondary N) is 1. The number of fused-ring (bicyclic) bond motifs is 1. The van der Waals surface area contributed by atoms with Gasteiger partial charge >= 0.3 is 6.03 Å². The smallest absolute Gasteiger partial charge is 0.321 e. The van der Waals surface area contributed by atoms with Crippen LogP contribution in [0.5, 0.6) is 0 Å². The quantitative estimate of drug-likeness (QED) is 0.913. The summed E-state index contributed by atoms with van der Waals surface area (Å²) in [6, 6.07) is 3.98. The normalized spacial score (nSPS) is 28.6. The molecule has 4 rings (SSSR count). The maximum atomic E-state index is 12.3. The van der Waals surface area contributed by atoms with Crippen LogP contribution in [0.2, 0.25) is 0 Å². The summed E-state index contributed by atoms with van der Waals surface area (Å²) in [4.78, 5) is 21.0. The van der Waals surface area contributed by atoms with Gasteiger partial charge < -0.3 is 15.1 Å². The van der Waals surface area contributed by atoms with Gasteiger partial charge in [-0.15, -0.1) is 0 Å². The predicted octanol–water partition coefficient (Wildman–Crippen LogP) is 2.80. The van der Waals surface area contributed by atoms with Crippen LogP contribution in [0.1, 0.15) is 26.7 Å². The first kappa shape index (κ1) is 13.9. The second-order valence-corrected chi connectivity index (χ2v) is 7.47. The molecule has 0 spiro atoms. The van der Waals surface area contributed by atoms with E-state index < -0.39 is 0 Å². The van der Waals surface area contributed by atoms with Crippen LogP contribution in [0.3, 0.4) is 0 Å². The third kappa shape index (κ3) is 2.23. The predicted molar refractivity (Wildman–Crippen MR) is 87.0 cm³/mol. The Kier molecular flexibility index (Phi) is 3.06. The molecule has 0 bridgehead atoms. The van der Waals surface area contributed by atoms with Crippen molar-refractivity contribution >= 4 is 17.5 Å². The summed E-state index contributed by atoms with van der Waals surface area (Å²) in [5.74, 6) is 2.39. The molecule has 1 saturated carbocycles. The third-order valence-electron chi connectivity index (χ3n) is 5.84. The highest BCUT2D eigenvalue weighted by molar-refractivity contribution is 5.89. The van der Waals surface area contributed by atoms with Crippen LogP contribution in [0, 0.1) is 17.3 Å². The molecule has 0 aromatic carbocycles. The Morgan fingerprint density at radius 3 is 2.50 bits per heavy atom. The van der Waals surface area contributed by atoms with Crippen LogP contribution >= 0.6 is 0 Å². The maximum Gasteiger partial charge on any atom is 0.321 e. The van der Waals surface area contributed by atoms with Crippen molar-refractivity contribution in [2.45, 2.75) is 26.7 Å². The number of pyridine rings is 1. The van der Waals surface area contributed by atoms with Crippen LogP contribution in [-0.4, -0.2) is 42.1 Å². The van der Waals surface area contributed by atoms with Gasteiger partial charge in [-0.05, 0) is 42.2 Å². The van der Waals surface area contributed by atoms with E-state index in [2.05, 4.69) is 29.0 Å². The number of hydrogen-bond acceptors (Lipinski definition) is 3. The summed E-state index contributed by atoms with van der Waals surface area (Å²) in [5, 5.41) is 2.98. The number of piperidine rings is 1. The fraction of sp³-hybridized carbons (Fsp3) is 0.647. The van der Waals surface area contributed by atoms with Gasteiger partial charge in [0.05, 0.1) is 11.9 Å². The molecule has 3 fully saturated rings. The van der Waals surface area contributed by atoms with Gasteiger partial charge in [-0.1, -0.05) is 13.8 Å². The van der Waals surface area contributed by atoms with E-state index in [4.69, 9.17) is 0 Å².